The topological polar surface area (TPSA) is 119 Å². The number of amides is 3. The first kappa shape index (κ1) is 20.7. The second-order valence-corrected chi connectivity index (χ2v) is 6.86. The summed E-state index contributed by atoms with van der Waals surface area (Å²) in [6.07, 6.45) is 0. The summed E-state index contributed by atoms with van der Waals surface area (Å²) >= 11 is 0. The minimum absolute atomic E-state index is 0.0827. The molecule has 9 heteroatoms. The first-order valence-corrected chi connectivity index (χ1v) is 9.71. The van der Waals surface area contributed by atoms with Gasteiger partial charge in [0, 0.05) is 17.3 Å². The zero-order valence-corrected chi connectivity index (χ0v) is 16.9. The first-order valence-electron chi connectivity index (χ1n) is 9.71. The molecule has 3 aromatic rings. The van der Waals surface area contributed by atoms with E-state index in [9.17, 15) is 24.5 Å². The fraction of sp³-hybridized carbons (Fsp3) is 0.0870. The number of rotatable bonds is 6. The average Bonchev–Trinajstić information content (AvgIpc) is 3.05. The van der Waals surface area contributed by atoms with E-state index in [0.717, 1.165) is 11.0 Å². The molecule has 0 bridgehead atoms. The summed E-state index contributed by atoms with van der Waals surface area (Å²) in [4.78, 5) is 49.5. The smallest absolute Gasteiger partial charge is 0.311 e. The van der Waals surface area contributed by atoms with E-state index in [0.29, 0.717) is 22.5 Å². The number of imide groups is 1. The third kappa shape index (κ3) is 3.67. The van der Waals surface area contributed by atoms with Crippen molar-refractivity contribution in [3.05, 3.63) is 93.5 Å². The molecule has 0 aromatic heterocycles. The van der Waals surface area contributed by atoms with Crippen molar-refractivity contribution in [2.45, 2.75) is 6.92 Å². The molecule has 0 fully saturated rings. The molecule has 4 rings (SSSR count). The Morgan fingerprint density at radius 3 is 2.19 bits per heavy atom. The highest BCUT2D eigenvalue weighted by atomic mass is 16.6. The molecule has 32 heavy (non-hydrogen) atoms. The van der Waals surface area contributed by atoms with Crippen LogP contribution in [0.15, 0.2) is 66.7 Å². The molecule has 0 atom stereocenters. The maximum Gasteiger partial charge on any atom is 0.311 e. The SMILES string of the molecule is CCOc1ccc(C(=O)Nc2ccc(N3C(=O)c4ccccc4C3=O)cc2)cc1[N+](=O)[O-]. The van der Waals surface area contributed by atoms with Crippen LogP contribution in [0.4, 0.5) is 17.1 Å². The van der Waals surface area contributed by atoms with Crippen molar-refractivity contribution < 1.29 is 24.0 Å². The van der Waals surface area contributed by atoms with Gasteiger partial charge in [-0.3, -0.25) is 24.5 Å². The number of hydrogen-bond acceptors (Lipinski definition) is 6. The van der Waals surface area contributed by atoms with Crippen molar-refractivity contribution in [2.24, 2.45) is 0 Å². The third-order valence-electron chi connectivity index (χ3n) is 4.90. The van der Waals surface area contributed by atoms with Crippen molar-refractivity contribution in [3.8, 4) is 5.75 Å². The van der Waals surface area contributed by atoms with Gasteiger partial charge >= 0.3 is 5.69 Å². The maximum absolute atomic E-state index is 12.6. The second kappa shape index (κ2) is 8.31. The van der Waals surface area contributed by atoms with Crippen LogP contribution >= 0.6 is 0 Å². The Hall–Kier alpha value is -4.53. The predicted molar refractivity (Wildman–Crippen MR) is 116 cm³/mol. The summed E-state index contributed by atoms with van der Waals surface area (Å²) in [6, 6.07) is 16.7. The van der Waals surface area contributed by atoms with Crippen molar-refractivity contribution >= 4 is 34.8 Å². The number of hydrogen-bond donors (Lipinski definition) is 1. The van der Waals surface area contributed by atoms with E-state index in [-0.39, 0.29) is 23.6 Å². The summed E-state index contributed by atoms with van der Waals surface area (Å²) in [7, 11) is 0. The number of carbonyl (C=O) groups excluding carboxylic acids is 3. The minimum Gasteiger partial charge on any atom is -0.487 e. The van der Waals surface area contributed by atoms with Crippen LogP contribution < -0.4 is 15.0 Å². The molecule has 1 N–H and O–H groups in total. The summed E-state index contributed by atoms with van der Waals surface area (Å²) in [6.45, 7) is 1.96. The Morgan fingerprint density at radius 2 is 1.62 bits per heavy atom. The normalized spacial score (nSPS) is 12.5. The molecule has 0 spiro atoms. The van der Waals surface area contributed by atoms with Crippen LogP contribution in [0, 0.1) is 10.1 Å². The van der Waals surface area contributed by atoms with E-state index in [4.69, 9.17) is 4.74 Å². The molecule has 0 unspecified atom stereocenters. The molecule has 3 amide bonds. The lowest BCUT2D eigenvalue weighted by Gasteiger charge is -2.14. The van der Waals surface area contributed by atoms with Crippen molar-refractivity contribution in [1.29, 1.82) is 0 Å². The molecule has 1 aliphatic rings. The van der Waals surface area contributed by atoms with Crippen molar-refractivity contribution in [1.82, 2.24) is 0 Å². The summed E-state index contributed by atoms with van der Waals surface area (Å²) < 4.78 is 5.22. The molecule has 0 aliphatic carbocycles. The van der Waals surface area contributed by atoms with Crippen LogP contribution in [0.1, 0.15) is 38.0 Å². The van der Waals surface area contributed by atoms with Crippen LogP contribution in [0.5, 0.6) is 5.75 Å². The zero-order valence-electron chi connectivity index (χ0n) is 16.9. The number of benzene rings is 3. The molecule has 1 aliphatic heterocycles. The Kier molecular flexibility index (Phi) is 5.38. The van der Waals surface area contributed by atoms with Crippen LogP contribution in [-0.4, -0.2) is 29.3 Å². The van der Waals surface area contributed by atoms with Crippen LogP contribution in [0.2, 0.25) is 0 Å². The number of ether oxygens (including phenoxy) is 1. The summed E-state index contributed by atoms with van der Waals surface area (Å²) in [5.74, 6) is -1.29. The number of nitrogens with one attached hydrogen (secondary N) is 1. The fourth-order valence-corrected chi connectivity index (χ4v) is 3.40. The van der Waals surface area contributed by atoms with Gasteiger partial charge in [0.25, 0.3) is 17.7 Å². The lowest BCUT2D eigenvalue weighted by atomic mass is 10.1. The van der Waals surface area contributed by atoms with E-state index in [1.165, 1.54) is 24.3 Å². The van der Waals surface area contributed by atoms with Gasteiger partial charge in [0.05, 0.1) is 28.3 Å². The van der Waals surface area contributed by atoms with E-state index in [1.54, 1.807) is 43.3 Å². The Balaban J connectivity index is 1.52. The Morgan fingerprint density at radius 1 is 1.00 bits per heavy atom. The molecule has 3 aromatic carbocycles. The highest BCUT2D eigenvalue weighted by Gasteiger charge is 2.36. The van der Waals surface area contributed by atoms with Gasteiger partial charge in [0.2, 0.25) is 0 Å². The summed E-state index contributed by atoms with van der Waals surface area (Å²) in [5, 5.41) is 13.9. The van der Waals surface area contributed by atoms with Gasteiger partial charge in [-0.1, -0.05) is 12.1 Å². The molecule has 0 radical (unpaired) electrons. The van der Waals surface area contributed by atoms with Gasteiger partial charge in [-0.2, -0.15) is 0 Å². The molecule has 160 valence electrons. The van der Waals surface area contributed by atoms with Gasteiger partial charge < -0.3 is 10.1 Å². The molecule has 1 heterocycles. The molecular formula is C23H17N3O6. The van der Waals surface area contributed by atoms with Crippen LogP contribution in [0.3, 0.4) is 0 Å². The van der Waals surface area contributed by atoms with E-state index >= 15 is 0 Å². The quantitative estimate of drug-likeness (QED) is 0.357. The highest BCUT2D eigenvalue weighted by molar-refractivity contribution is 6.34. The Labute approximate surface area is 182 Å². The molecule has 0 saturated heterocycles. The standard InChI is InChI=1S/C23H17N3O6/c1-2-32-20-12-7-14(13-19(20)26(30)31)21(27)24-15-8-10-16(11-9-15)25-22(28)17-5-3-4-6-18(17)23(25)29/h3-13H,2H2,1H3,(H,24,27). The third-order valence-corrected chi connectivity index (χ3v) is 4.90. The largest absolute Gasteiger partial charge is 0.487 e. The number of nitrogens with zero attached hydrogens (tertiary/aromatic N) is 2. The second-order valence-electron chi connectivity index (χ2n) is 6.86. The van der Waals surface area contributed by atoms with Crippen molar-refractivity contribution in [2.75, 3.05) is 16.8 Å². The minimum atomic E-state index is -0.612. The van der Waals surface area contributed by atoms with E-state index < -0.39 is 22.6 Å². The predicted octanol–water partition coefficient (Wildman–Crippen LogP) is 4.05. The Bertz CT molecular complexity index is 1220. The maximum atomic E-state index is 12.6. The number of nitro groups is 1. The number of nitro benzene ring substituents is 1. The van der Waals surface area contributed by atoms with Crippen LogP contribution in [0.25, 0.3) is 0 Å². The van der Waals surface area contributed by atoms with Gasteiger partial charge in [0.1, 0.15) is 0 Å². The number of fused-ring (bicyclic) bond motifs is 1. The molecular weight excluding hydrogens is 414 g/mol. The first-order chi connectivity index (χ1) is 15.4. The zero-order chi connectivity index (χ0) is 22.8. The highest BCUT2D eigenvalue weighted by Crippen LogP contribution is 2.30. The van der Waals surface area contributed by atoms with E-state index in [2.05, 4.69) is 5.32 Å². The van der Waals surface area contributed by atoms with Gasteiger partial charge in [-0.25, -0.2) is 4.90 Å². The molecule has 9 nitrogen and oxygen atoms in total. The molecule has 0 saturated carbocycles. The van der Waals surface area contributed by atoms with Gasteiger partial charge in [-0.15, -0.1) is 0 Å². The van der Waals surface area contributed by atoms with Crippen LogP contribution in [-0.2, 0) is 0 Å². The lowest BCUT2D eigenvalue weighted by molar-refractivity contribution is -0.385. The number of carbonyl (C=O) groups is 3. The number of anilines is 2. The van der Waals surface area contributed by atoms with Crippen molar-refractivity contribution in [3.63, 3.8) is 0 Å². The lowest BCUT2D eigenvalue weighted by Crippen LogP contribution is -2.29. The summed E-state index contributed by atoms with van der Waals surface area (Å²) in [5.41, 5.74) is 1.22. The van der Waals surface area contributed by atoms with Gasteiger partial charge in [-0.05, 0) is 55.5 Å². The fourth-order valence-electron chi connectivity index (χ4n) is 3.40. The van der Waals surface area contributed by atoms with Gasteiger partial charge in [0.15, 0.2) is 5.75 Å². The van der Waals surface area contributed by atoms with E-state index in [1.807, 2.05) is 0 Å². The average molecular weight is 431 g/mol. The monoisotopic (exact) mass is 431 g/mol.